The summed E-state index contributed by atoms with van der Waals surface area (Å²) in [6, 6.07) is 5.61. The maximum atomic E-state index is 8.53. The van der Waals surface area contributed by atoms with E-state index in [1.54, 1.807) is 12.2 Å². The number of rotatable bonds is 2. The van der Waals surface area contributed by atoms with E-state index in [4.69, 9.17) is 16.7 Å². The summed E-state index contributed by atoms with van der Waals surface area (Å²) in [6.45, 7) is 0.0341. The second-order valence-electron chi connectivity index (χ2n) is 2.25. The molecule has 0 aliphatic rings. The van der Waals surface area contributed by atoms with Gasteiger partial charge >= 0.3 is 0 Å². The molecular weight excluding hydrogens is 239 g/mol. The summed E-state index contributed by atoms with van der Waals surface area (Å²) in [4.78, 5) is 0. The lowest BCUT2D eigenvalue weighted by molar-refractivity contribution is 0.343. The lowest BCUT2D eigenvalue weighted by atomic mass is 10.2. The van der Waals surface area contributed by atoms with E-state index >= 15 is 0 Å². The fraction of sp³-hybridized carbons (Fsp3) is 0.111. The van der Waals surface area contributed by atoms with Crippen molar-refractivity contribution in [2.75, 3.05) is 6.61 Å². The summed E-state index contributed by atoms with van der Waals surface area (Å²) in [7, 11) is 0. The fourth-order valence-electron chi connectivity index (χ4n) is 0.816. The van der Waals surface area contributed by atoms with Crippen molar-refractivity contribution in [3.05, 3.63) is 39.3 Å². The third kappa shape index (κ3) is 2.63. The Hall–Kier alpha value is -0.310. The van der Waals surface area contributed by atoms with Crippen LogP contribution in [-0.2, 0) is 0 Å². The Balaban J connectivity index is 2.94. The molecule has 0 saturated heterocycles. The number of hydrogen-bond acceptors (Lipinski definition) is 1. The number of aliphatic hydroxyl groups excluding tert-OH is 1. The van der Waals surface area contributed by atoms with Crippen LogP contribution in [0.5, 0.6) is 0 Å². The molecule has 0 atom stereocenters. The van der Waals surface area contributed by atoms with Crippen molar-refractivity contribution in [2.45, 2.75) is 0 Å². The molecule has 0 spiro atoms. The van der Waals surface area contributed by atoms with Crippen LogP contribution in [0.2, 0.25) is 5.02 Å². The summed E-state index contributed by atoms with van der Waals surface area (Å²) in [5, 5.41) is 9.21. The highest BCUT2D eigenvalue weighted by Crippen LogP contribution is 2.22. The lowest BCUT2D eigenvalue weighted by Gasteiger charge is -1.97. The third-order valence-electron chi connectivity index (χ3n) is 1.37. The molecular formula is C9H8BrClO. The molecule has 0 aliphatic carbocycles. The van der Waals surface area contributed by atoms with Crippen LogP contribution in [0.15, 0.2) is 28.7 Å². The maximum absolute atomic E-state index is 8.53. The summed E-state index contributed by atoms with van der Waals surface area (Å²) in [5.41, 5.74) is 0.911. The first-order valence-electron chi connectivity index (χ1n) is 3.46. The first-order chi connectivity index (χ1) is 5.74. The van der Waals surface area contributed by atoms with Crippen LogP contribution in [-0.4, -0.2) is 11.7 Å². The largest absolute Gasteiger partial charge is 0.392 e. The molecule has 64 valence electrons. The van der Waals surface area contributed by atoms with Gasteiger partial charge in [-0.15, -0.1) is 0 Å². The van der Waals surface area contributed by atoms with Gasteiger partial charge in [0.15, 0.2) is 0 Å². The van der Waals surface area contributed by atoms with Gasteiger partial charge < -0.3 is 5.11 Å². The van der Waals surface area contributed by atoms with Crippen LogP contribution in [0.25, 0.3) is 6.08 Å². The van der Waals surface area contributed by atoms with Crippen molar-refractivity contribution in [3.63, 3.8) is 0 Å². The molecule has 0 aliphatic heterocycles. The quantitative estimate of drug-likeness (QED) is 0.851. The van der Waals surface area contributed by atoms with Gasteiger partial charge in [0.05, 0.1) is 6.61 Å². The van der Waals surface area contributed by atoms with E-state index in [2.05, 4.69) is 15.9 Å². The van der Waals surface area contributed by atoms with Gasteiger partial charge in [0.25, 0.3) is 0 Å². The molecule has 1 N–H and O–H groups in total. The molecule has 0 saturated carbocycles. The molecule has 0 heterocycles. The number of hydrogen-bond donors (Lipinski definition) is 1. The number of aliphatic hydroxyl groups is 1. The zero-order valence-electron chi connectivity index (χ0n) is 6.30. The highest BCUT2D eigenvalue weighted by atomic mass is 79.9. The Bertz CT molecular complexity index is 297. The highest BCUT2D eigenvalue weighted by molar-refractivity contribution is 9.10. The highest BCUT2D eigenvalue weighted by Gasteiger charge is 1.95. The molecule has 12 heavy (non-hydrogen) atoms. The van der Waals surface area contributed by atoms with Crippen LogP contribution in [0.3, 0.4) is 0 Å². The number of benzene rings is 1. The molecule has 1 aromatic carbocycles. The average Bonchev–Trinajstić information content (AvgIpc) is 2.03. The number of halogens is 2. The topological polar surface area (TPSA) is 20.2 Å². The molecule has 1 aromatic rings. The Kier molecular flexibility index (Phi) is 3.79. The normalized spacial score (nSPS) is 10.9. The van der Waals surface area contributed by atoms with Crippen molar-refractivity contribution in [3.8, 4) is 0 Å². The molecule has 1 nitrogen and oxygen atoms in total. The van der Waals surface area contributed by atoms with Gasteiger partial charge in [-0.1, -0.05) is 45.7 Å². The SMILES string of the molecule is OCC=Cc1ccc(Br)cc1Cl. The van der Waals surface area contributed by atoms with E-state index in [9.17, 15) is 0 Å². The molecule has 3 heteroatoms. The van der Waals surface area contributed by atoms with Gasteiger partial charge in [-0.2, -0.15) is 0 Å². The molecule has 0 fully saturated rings. The van der Waals surface area contributed by atoms with Gasteiger partial charge in [-0.25, -0.2) is 0 Å². The Labute approximate surface area is 84.8 Å². The van der Waals surface area contributed by atoms with Crippen molar-refractivity contribution in [1.29, 1.82) is 0 Å². The monoisotopic (exact) mass is 246 g/mol. The third-order valence-corrected chi connectivity index (χ3v) is 2.19. The van der Waals surface area contributed by atoms with Crippen LogP contribution < -0.4 is 0 Å². The van der Waals surface area contributed by atoms with Gasteiger partial charge in [0, 0.05) is 9.50 Å². The zero-order chi connectivity index (χ0) is 8.97. The second kappa shape index (κ2) is 4.65. The van der Waals surface area contributed by atoms with E-state index in [0.29, 0.717) is 5.02 Å². The maximum Gasteiger partial charge on any atom is 0.0615 e. The molecule has 0 amide bonds. The minimum atomic E-state index is 0.0341. The molecule has 0 bridgehead atoms. The Morgan fingerprint density at radius 2 is 2.25 bits per heavy atom. The second-order valence-corrected chi connectivity index (χ2v) is 3.57. The van der Waals surface area contributed by atoms with Crippen LogP contribution in [0, 0.1) is 0 Å². The van der Waals surface area contributed by atoms with E-state index < -0.39 is 0 Å². The average molecular weight is 248 g/mol. The lowest BCUT2D eigenvalue weighted by Crippen LogP contribution is -1.76. The van der Waals surface area contributed by atoms with Crippen molar-refractivity contribution >= 4 is 33.6 Å². The summed E-state index contributed by atoms with van der Waals surface area (Å²) >= 11 is 9.21. The zero-order valence-corrected chi connectivity index (χ0v) is 8.64. The van der Waals surface area contributed by atoms with E-state index in [1.165, 1.54) is 0 Å². The van der Waals surface area contributed by atoms with Gasteiger partial charge in [0.1, 0.15) is 0 Å². The van der Waals surface area contributed by atoms with Crippen molar-refractivity contribution < 1.29 is 5.11 Å². The Morgan fingerprint density at radius 3 is 2.83 bits per heavy atom. The summed E-state index contributed by atoms with van der Waals surface area (Å²) in [5.74, 6) is 0. The summed E-state index contributed by atoms with van der Waals surface area (Å²) < 4.78 is 0.952. The Morgan fingerprint density at radius 1 is 1.50 bits per heavy atom. The van der Waals surface area contributed by atoms with E-state index in [-0.39, 0.29) is 6.61 Å². The van der Waals surface area contributed by atoms with Crippen molar-refractivity contribution in [1.82, 2.24) is 0 Å². The molecule has 0 radical (unpaired) electrons. The predicted octanol–water partition coefficient (Wildman–Crippen LogP) is 3.11. The minimum absolute atomic E-state index is 0.0341. The van der Waals surface area contributed by atoms with Crippen LogP contribution in [0.1, 0.15) is 5.56 Å². The summed E-state index contributed by atoms with van der Waals surface area (Å²) in [6.07, 6.45) is 3.43. The minimum Gasteiger partial charge on any atom is -0.392 e. The smallest absolute Gasteiger partial charge is 0.0615 e. The van der Waals surface area contributed by atoms with Gasteiger partial charge in [-0.05, 0) is 17.7 Å². The standard InChI is InChI=1S/C9H8BrClO/c10-8-4-3-7(2-1-5-12)9(11)6-8/h1-4,6,12H,5H2. The molecule has 0 aromatic heterocycles. The van der Waals surface area contributed by atoms with Gasteiger partial charge in [0.2, 0.25) is 0 Å². The van der Waals surface area contributed by atoms with E-state index in [1.807, 2.05) is 18.2 Å². The van der Waals surface area contributed by atoms with Gasteiger partial charge in [-0.3, -0.25) is 0 Å². The molecule has 0 unspecified atom stereocenters. The fourth-order valence-corrected chi connectivity index (χ4v) is 1.55. The van der Waals surface area contributed by atoms with Crippen LogP contribution in [0.4, 0.5) is 0 Å². The first kappa shape index (κ1) is 9.78. The van der Waals surface area contributed by atoms with Crippen molar-refractivity contribution in [2.24, 2.45) is 0 Å². The molecule has 1 rings (SSSR count). The van der Waals surface area contributed by atoms with Crippen LogP contribution >= 0.6 is 27.5 Å². The van der Waals surface area contributed by atoms with E-state index in [0.717, 1.165) is 10.0 Å². The first-order valence-corrected chi connectivity index (χ1v) is 4.63. The predicted molar refractivity (Wildman–Crippen MR) is 55.3 cm³/mol.